The Bertz CT molecular complexity index is 450. The van der Waals surface area contributed by atoms with Crippen LogP contribution >= 0.6 is 0 Å². The fraction of sp³-hybridized carbons (Fsp3) is 1.00. The molecule has 130 valence electrons. The van der Waals surface area contributed by atoms with Gasteiger partial charge in [-0.15, -0.1) is 0 Å². The molecule has 0 heteroatoms. The third kappa shape index (κ3) is 2.08. The monoisotopic (exact) mass is 314 g/mol. The highest BCUT2D eigenvalue weighted by atomic mass is 14.7. The van der Waals surface area contributed by atoms with Gasteiger partial charge in [0, 0.05) is 0 Å². The van der Waals surface area contributed by atoms with Gasteiger partial charge in [-0.1, -0.05) is 33.1 Å². The van der Waals surface area contributed by atoms with E-state index in [0.717, 1.165) is 34.5 Å². The van der Waals surface area contributed by atoms with E-state index in [1.54, 1.807) is 77.0 Å². The standard InChI is InChI=1S/C23H38/c1-3-6-20-21(2)7-4-9-22(20,10-5-8-21)16-23-14-17-11-18(15-23)13-19(23)12-17/h17-20H,3-16H2,1-2H3. The number of hydrogen-bond donors (Lipinski definition) is 0. The maximum Gasteiger partial charge on any atom is -0.0258 e. The Morgan fingerprint density at radius 3 is 2.09 bits per heavy atom. The van der Waals surface area contributed by atoms with E-state index in [1.807, 2.05) is 0 Å². The first-order chi connectivity index (χ1) is 11.1. The van der Waals surface area contributed by atoms with Crippen LogP contribution in [-0.4, -0.2) is 0 Å². The fourth-order valence-electron chi connectivity index (χ4n) is 9.57. The van der Waals surface area contributed by atoms with E-state index in [9.17, 15) is 0 Å². The van der Waals surface area contributed by atoms with Crippen molar-refractivity contribution in [1.29, 1.82) is 0 Å². The highest BCUT2D eigenvalue weighted by Gasteiger charge is 2.62. The predicted octanol–water partition coefficient (Wildman–Crippen LogP) is 6.98. The van der Waals surface area contributed by atoms with Crippen LogP contribution in [-0.2, 0) is 0 Å². The van der Waals surface area contributed by atoms with Crippen LogP contribution in [0.2, 0.25) is 0 Å². The van der Waals surface area contributed by atoms with Gasteiger partial charge in [0.05, 0.1) is 0 Å². The molecule has 0 spiro atoms. The minimum atomic E-state index is 0.707. The quantitative estimate of drug-likeness (QED) is 0.525. The van der Waals surface area contributed by atoms with Crippen molar-refractivity contribution in [2.75, 3.05) is 0 Å². The molecule has 0 aromatic rings. The van der Waals surface area contributed by atoms with Gasteiger partial charge in [0.2, 0.25) is 0 Å². The third-order valence-corrected chi connectivity index (χ3v) is 9.87. The summed E-state index contributed by atoms with van der Waals surface area (Å²) >= 11 is 0. The smallest absolute Gasteiger partial charge is 0.0258 e. The highest BCUT2D eigenvalue weighted by molar-refractivity contribution is 5.12. The van der Waals surface area contributed by atoms with Gasteiger partial charge in [0.25, 0.3) is 0 Å². The van der Waals surface area contributed by atoms with Gasteiger partial charge in [-0.2, -0.15) is 0 Å². The highest BCUT2D eigenvalue weighted by Crippen LogP contribution is 2.72. The van der Waals surface area contributed by atoms with Crippen LogP contribution in [0.3, 0.4) is 0 Å². The second-order valence-corrected chi connectivity index (χ2v) is 11.1. The molecule has 0 nitrogen and oxygen atoms in total. The number of rotatable bonds is 4. The van der Waals surface area contributed by atoms with Crippen molar-refractivity contribution in [3.8, 4) is 0 Å². The molecule has 0 amide bonds. The minimum Gasteiger partial charge on any atom is -0.0654 e. The van der Waals surface area contributed by atoms with Crippen molar-refractivity contribution in [1.82, 2.24) is 0 Å². The maximum atomic E-state index is 2.69. The molecule has 0 heterocycles. The summed E-state index contributed by atoms with van der Waals surface area (Å²) in [7, 11) is 0. The van der Waals surface area contributed by atoms with Gasteiger partial charge >= 0.3 is 0 Å². The Balaban J connectivity index is 1.48. The van der Waals surface area contributed by atoms with Crippen molar-refractivity contribution in [2.45, 2.75) is 104 Å². The third-order valence-electron chi connectivity index (χ3n) is 9.87. The lowest BCUT2D eigenvalue weighted by atomic mass is 9.44. The van der Waals surface area contributed by atoms with Crippen molar-refractivity contribution < 1.29 is 0 Å². The zero-order valence-electron chi connectivity index (χ0n) is 15.7. The average molecular weight is 315 g/mol. The lowest BCUT2D eigenvalue weighted by Crippen LogP contribution is -2.51. The molecule has 0 radical (unpaired) electrons. The summed E-state index contributed by atoms with van der Waals surface area (Å²) in [6.07, 6.45) is 22.1. The second kappa shape index (κ2) is 5.01. The summed E-state index contributed by atoms with van der Waals surface area (Å²) in [6.45, 7) is 5.14. The van der Waals surface area contributed by atoms with Crippen LogP contribution < -0.4 is 0 Å². The van der Waals surface area contributed by atoms with Gasteiger partial charge in [0.15, 0.2) is 0 Å². The van der Waals surface area contributed by atoms with Crippen LogP contribution in [0.4, 0.5) is 0 Å². The van der Waals surface area contributed by atoms with E-state index >= 15 is 0 Å². The van der Waals surface area contributed by atoms with E-state index in [-0.39, 0.29) is 0 Å². The van der Waals surface area contributed by atoms with Crippen LogP contribution in [0, 0.1) is 39.9 Å². The minimum absolute atomic E-state index is 0.707. The summed E-state index contributed by atoms with van der Waals surface area (Å²) in [5.41, 5.74) is 2.30. The van der Waals surface area contributed by atoms with Crippen molar-refractivity contribution in [2.24, 2.45) is 39.9 Å². The fourth-order valence-corrected chi connectivity index (χ4v) is 9.57. The van der Waals surface area contributed by atoms with Gasteiger partial charge in [-0.05, 0) is 111 Å². The number of hydrogen-bond acceptors (Lipinski definition) is 0. The molecular weight excluding hydrogens is 276 g/mol. The molecule has 6 aliphatic carbocycles. The second-order valence-electron chi connectivity index (χ2n) is 11.1. The Morgan fingerprint density at radius 1 is 0.826 bits per heavy atom. The van der Waals surface area contributed by atoms with Gasteiger partial charge < -0.3 is 0 Å². The summed E-state index contributed by atoms with van der Waals surface area (Å²) < 4.78 is 0. The van der Waals surface area contributed by atoms with E-state index in [1.165, 1.54) is 12.8 Å². The van der Waals surface area contributed by atoms with Crippen LogP contribution in [0.1, 0.15) is 104 Å². The summed E-state index contributed by atoms with van der Waals surface area (Å²) in [6, 6.07) is 0. The van der Waals surface area contributed by atoms with Crippen molar-refractivity contribution in [3.05, 3.63) is 0 Å². The molecular formula is C23H38. The molecule has 6 aliphatic rings. The van der Waals surface area contributed by atoms with Crippen molar-refractivity contribution in [3.63, 3.8) is 0 Å². The van der Waals surface area contributed by atoms with E-state index in [0.29, 0.717) is 5.41 Å². The zero-order valence-corrected chi connectivity index (χ0v) is 15.7. The van der Waals surface area contributed by atoms with Crippen LogP contribution in [0.25, 0.3) is 0 Å². The summed E-state index contributed by atoms with van der Waals surface area (Å²) in [5.74, 6) is 4.51. The lowest BCUT2D eigenvalue weighted by Gasteiger charge is -2.60. The summed E-state index contributed by atoms with van der Waals surface area (Å²) in [5, 5.41) is 0. The predicted molar refractivity (Wildman–Crippen MR) is 97.2 cm³/mol. The van der Waals surface area contributed by atoms with E-state index < -0.39 is 0 Å². The lowest BCUT2D eigenvalue weighted by molar-refractivity contribution is -0.103. The maximum absolute atomic E-state index is 2.69. The SMILES string of the molecule is CCCC1C2(C)CCCC1(CC13CC4CC(CC1C4)C3)CCC2. The topological polar surface area (TPSA) is 0 Å². The Labute approximate surface area is 144 Å². The van der Waals surface area contributed by atoms with Gasteiger partial charge in [-0.25, -0.2) is 0 Å². The molecule has 0 aromatic carbocycles. The van der Waals surface area contributed by atoms with Gasteiger partial charge in [-0.3, -0.25) is 0 Å². The Hall–Kier alpha value is 0. The zero-order chi connectivity index (χ0) is 15.7. The van der Waals surface area contributed by atoms with Crippen LogP contribution in [0.5, 0.6) is 0 Å². The number of fused-ring (bicyclic) bond motifs is 2. The molecule has 6 saturated carbocycles. The first kappa shape index (κ1) is 15.3. The molecule has 3 unspecified atom stereocenters. The van der Waals surface area contributed by atoms with Crippen molar-refractivity contribution >= 4 is 0 Å². The molecule has 23 heavy (non-hydrogen) atoms. The molecule has 0 aromatic heterocycles. The van der Waals surface area contributed by atoms with Gasteiger partial charge in [0.1, 0.15) is 0 Å². The molecule has 6 bridgehead atoms. The normalized spacial score (nSPS) is 57.1. The van der Waals surface area contributed by atoms with E-state index in [4.69, 9.17) is 0 Å². The molecule has 0 N–H and O–H groups in total. The summed E-state index contributed by atoms with van der Waals surface area (Å²) in [4.78, 5) is 0. The Morgan fingerprint density at radius 2 is 1.48 bits per heavy atom. The first-order valence-electron chi connectivity index (χ1n) is 11.1. The molecule has 0 aliphatic heterocycles. The molecule has 6 rings (SSSR count). The average Bonchev–Trinajstić information content (AvgIpc) is 2.85. The first-order valence-corrected chi connectivity index (χ1v) is 11.1. The van der Waals surface area contributed by atoms with E-state index in [2.05, 4.69) is 13.8 Å². The Kier molecular flexibility index (Phi) is 3.33. The molecule has 3 atom stereocenters. The largest absolute Gasteiger partial charge is 0.0654 e. The molecule has 0 saturated heterocycles. The molecule has 6 fully saturated rings. The van der Waals surface area contributed by atoms with Crippen LogP contribution in [0.15, 0.2) is 0 Å².